The average molecular weight is 239 g/mol. The maximum absolute atomic E-state index is 2.26. The van der Waals surface area contributed by atoms with E-state index in [9.17, 15) is 0 Å². The van der Waals surface area contributed by atoms with Crippen molar-refractivity contribution in [2.24, 2.45) is 0 Å². The molecular formula is C17H21N. The van der Waals surface area contributed by atoms with E-state index in [1.54, 1.807) is 0 Å². The minimum Gasteiger partial charge on any atom is -0.309 e. The summed E-state index contributed by atoms with van der Waals surface area (Å²) in [5.41, 5.74) is 2.84. The molecule has 1 atom stereocenters. The molecule has 0 amide bonds. The van der Waals surface area contributed by atoms with Gasteiger partial charge in [-0.3, -0.25) is 0 Å². The summed E-state index contributed by atoms with van der Waals surface area (Å²) in [6.45, 7) is 1.08. The third-order valence-corrected chi connectivity index (χ3v) is 3.18. The molecule has 0 N–H and O–H groups in total. The first-order valence-electron chi connectivity index (χ1n) is 6.49. The molecule has 0 spiro atoms. The van der Waals surface area contributed by atoms with Crippen molar-refractivity contribution in [2.45, 2.75) is 12.3 Å². The quantitative estimate of drug-likeness (QED) is 0.771. The SMILES string of the molecule is CN(C)CC(Cc1ccccc1)c1ccccc1. The molecule has 0 heterocycles. The van der Waals surface area contributed by atoms with E-state index in [1.165, 1.54) is 11.1 Å². The maximum atomic E-state index is 2.26. The Labute approximate surface area is 110 Å². The van der Waals surface area contributed by atoms with Crippen LogP contribution in [0, 0.1) is 0 Å². The van der Waals surface area contributed by atoms with Crippen molar-refractivity contribution in [1.82, 2.24) is 4.90 Å². The van der Waals surface area contributed by atoms with Gasteiger partial charge in [-0.05, 0) is 31.6 Å². The minimum atomic E-state index is 0.559. The van der Waals surface area contributed by atoms with Crippen molar-refractivity contribution in [2.75, 3.05) is 20.6 Å². The van der Waals surface area contributed by atoms with Crippen LogP contribution in [0.3, 0.4) is 0 Å². The fourth-order valence-electron chi connectivity index (χ4n) is 2.35. The van der Waals surface area contributed by atoms with Gasteiger partial charge >= 0.3 is 0 Å². The molecule has 1 unspecified atom stereocenters. The molecule has 0 aliphatic rings. The first-order chi connectivity index (χ1) is 8.75. The molecule has 2 aromatic rings. The zero-order valence-electron chi connectivity index (χ0n) is 11.2. The van der Waals surface area contributed by atoms with Gasteiger partial charge in [-0.2, -0.15) is 0 Å². The third-order valence-electron chi connectivity index (χ3n) is 3.18. The van der Waals surface area contributed by atoms with E-state index in [1.807, 2.05) is 0 Å². The lowest BCUT2D eigenvalue weighted by molar-refractivity contribution is 0.371. The van der Waals surface area contributed by atoms with Gasteiger partial charge in [-0.25, -0.2) is 0 Å². The van der Waals surface area contributed by atoms with Crippen molar-refractivity contribution < 1.29 is 0 Å². The lowest BCUT2D eigenvalue weighted by atomic mass is 9.91. The summed E-state index contributed by atoms with van der Waals surface area (Å²) in [7, 11) is 4.28. The van der Waals surface area contributed by atoms with E-state index in [4.69, 9.17) is 0 Å². The monoisotopic (exact) mass is 239 g/mol. The fraction of sp³-hybridized carbons (Fsp3) is 0.294. The van der Waals surface area contributed by atoms with Gasteiger partial charge in [0.2, 0.25) is 0 Å². The van der Waals surface area contributed by atoms with Crippen LogP contribution in [0.5, 0.6) is 0 Å². The topological polar surface area (TPSA) is 3.24 Å². The fourth-order valence-corrected chi connectivity index (χ4v) is 2.35. The van der Waals surface area contributed by atoms with Gasteiger partial charge < -0.3 is 4.90 Å². The number of rotatable bonds is 5. The molecule has 0 aliphatic heterocycles. The molecule has 1 nitrogen and oxygen atoms in total. The zero-order valence-corrected chi connectivity index (χ0v) is 11.2. The number of hydrogen-bond donors (Lipinski definition) is 0. The summed E-state index contributed by atoms with van der Waals surface area (Å²) in [5, 5.41) is 0. The van der Waals surface area contributed by atoms with Crippen molar-refractivity contribution in [3.05, 3.63) is 71.8 Å². The molecule has 0 aromatic heterocycles. The van der Waals surface area contributed by atoms with Gasteiger partial charge in [0, 0.05) is 12.5 Å². The zero-order chi connectivity index (χ0) is 12.8. The van der Waals surface area contributed by atoms with E-state index in [2.05, 4.69) is 79.7 Å². The van der Waals surface area contributed by atoms with Crippen molar-refractivity contribution >= 4 is 0 Å². The normalized spacial score (nSPS) is 12.6. The molecule has 2 rings (SSSR count). The van der Waals surface area contributed by atoms with E-state index >= 15 is 0 Å². The highest BCUT2D eigenvalue weighted by molar-refractivity contribution is 5.24. The Morgan fingerprint density at radius 3 is 1.94 bits per heavy atom. The Hall–Kier alpha value is -1.60. The molecule has 0 aliphatic carbocycles. The van der Waals surface area contributed by atoms with Crippen LogP contribution in [0.2, 0.25) is 0 Å². The molecule has 0 saturated carbocycles. The molecule has 0 bridgehead atoms. The summed E-state index contributed by atoms with van der Waals surface area (Å²) >= 11 is 0. The molecule has 0 fully saturated rings. The Morgan fingerprint density at radius 2 is 1.39 bits per heavy atom. The standard InChI is InChI=1S/C17H21N/c1-18(2)14-17(16-11-7-4-8-12-16)13-15-9-5-3-6-10-15/h3-12,17H,13-14H2,1-2H3. The smallest absolute Gasteiger partial charge is 0.00474 e. The lowest BCUT2D eigenvalue weighted by Gasteiger charge is -2.21. The largest absolute Gasteiger partial charge is 0.309 e. The number of hydrogen-bond acceptors (Lipinski definition) is 1. The Balaban J connectivity index is 2.16. The number of benzene rings is 2. The lowest BCUT2D eigenvalue weighted by Crippen LogP contribution is -2.21. The predicted octanol–water partition coefficient (Wildman–Crippen LogP) is 3.57. The first kappa shape index (κ1) is 12.8. The second-order valence-electron chi connectivity index (χ2n) is 5.06. The molecule has 2 aromatic carbocycles. The summed E-state index contributed by atoms with van der Waals surface area (Å²) in [4.78, 5) is 2.26. The van der Waals surface area contributed by atoms with Crippen LogP contribution in [0.25, 0.3) is 0 Å². The van der Waals surface area contributed by atoms with E-state index < -0.39 is 0 Å². The second-order valence-corrected chi connectivity index (χ2v) is 5.06. The van der Waals surface area contributed by atoms with Crippen molar-refractivity contribution in [3.63, 3.8) is 0 Å². The second kappa shape index (κ2) is 6.36. The van der Waals surface area contributed by atoms with Gasteiger partial charge in [-0.15, -0.1) is 0 Å². The minimum absolute atomic E-state index is 0.559. The van der Waals surface area contributed by atoms with Gasteiger partial charge in [-0.1, -0.05) is 60.7 Å². The molecule has 0 saturated heterocycles. The highest BCUT2D eigenvalue weighted by atomic mass is 15.1. The van der Waals surface area contributed by atoms with Crippen LogP contribution in [0.4, 0.5) is 0 Å². The number of nitrogens with zero attached hydrogens (tertiary/aromatic N) is 1. The van der Waals surface area contributed by atoms with Crippen molar-refractivity contribution in [1.29, 1.82) is 0 Å². The molecule has 94 valence electrons. The molecule has 0 radical (unpaired) electrons. The number of likely N-dealkylation sites (N-methyl/N-ethyl adjacent to an activating group) is 1. The summed E-state index contributed by atoms with van der Waals surface area (Å²) in [6, 6.07) is 21.5. The molecular weight excluding hydrogens is 218 g/mol. The van der Waals surface area contributed by atoms with Crippen LogP contribution >= 0.6 is 0 Å². The van der Waals surface area contributed by atoms with Gasteiger partial charge in [0.1, 0.15) is 0 Å². The Bertz CT molecular complexity index is 448. The third kappa shape index (κ3) is 3.71. The Morgan fingerprint density at radius 1 is 0.833 bits per heavy atom. The van der Waals surface area contributed by atoms with E-state index in [-0.39, 0.29) is 0 Å². The van der Waals surface area contributed by atoms with Gasteiger partial charge in [0.15, 0.2) is 0 Å². The van der Waals surface area contributed by atoms with Crippen LogP contribution in [-0.2, 0) is 6.42 Å². The van der Waals surface area contributed by atoms with Crippen molar-refractivity contribution in [3.8, 4) is 0 Å². The van der Waals surface area contributed by atoms with Gasteiger partial charge in [0.25, 0.3) is 0 Å². The summed E-state index contributed by atoms with van der Waals surface area (Å²) < 4.78 is 0. The van der Waals surface area contributed by atoms with Crippen LogP contribution in [0.1, 0.15) is 17.0 Å². The summed E-state index contributed by atoms with van der Waals surface area (Å²) in [5.74, 6) is 0.559. The Kier molecular flexibility index (Phi) is 4.54. The van der Waals surface area contributed by atoms with Crippen LogP contribution in [0.15, 0.2) is 60.7 Å². The predicted molar refractivity (Wildman–Crippen MR) is 77.9 cm³/mol. The first-order valence-corrected chi connectivity index (χ1v) is 6.49. The molecule has 18 heavy (non-hydrogen) atoms. The van der Waals surface area contributed by atoms with Crippen LogP contribution in [-0.4, -0.2) is 25.5 Å². The summed E-state index contributed by atoms with van der Waals surface area (Å²) in [6.07, 6.45) is 1.10. The van der Waals surface area contributed by atoms with E-state index in [0.29, 0.717) is 5.92 Å². The average Bonchev–Trinajstić information content (AvgIpc) is 2.40. The van der Waals surface area contributed by atoms with E-state index in [0.717, 1.165) is 13.0 Å². The van der Waals surface area contributed by atoms with Crippen LogP contribution < -0.4 is 0 Å². The highest BCUT2D eigenvalue weighted by Gasteiger charge is 2.12. The maximum Gasteiger partial charge on any atom is 0.00474 e. The van der Waals surface area contributed by atoms with Gasteiger partial charge in [0.05, 0.1) is 0 Å². The highest BCUT2D eigenvalue weighted by Crippen LogP contribution is 2.21. The molecule has 1 heteroatoms.